The molecule has 0 fully saturated rings. The van der Waals surface area contributed by atoms with Crippen LogP contribution in [-0.4, -0.2) is 37.7 Å². The van der Waals surface area contributed by atoms with Gasteiger partial charge in [-0.05, 0) is 35.9 Å². The van der Waals surface area contributed by atoms with Crippen molar-refractivity contribution in [2.24, 2.45) is 0 Å². The van der Waals surface area contributed by atoms with E-state index in [0.29, 0.717) is 5.69 Å². The highest BCUT2D eigenvalue weighted by Gasteiger charge is 2.11. The van der Waals surface area contributed by atoms with Gasteiger partial charge in [0.15, 0.2) is 0 Å². The van der Waals surface area contributed by atoms with Gasteiger partial charge >= 0.3 is 0 Å². The number of aromatic nitrogens is 3. The van der Waals surface area contributed by atoms with Crippen molar-refractivity contribution in [3.05, 3.63) is 73.2 Å². The van der Waals surface area contributed by atoms with E-state index in [1.165, 1.54) is 18.3 Å². The lowest BCUT2D eigenvalue weighted by Crippen LogP contribution is -2.07. The molecular formula is C22H18N4O3. The second kappa shape index (κ2) is 7.95. The maximum atomic E-state index is 11.8. The van der Waals surface area contributed by atoms with Crippen molar-refractivity contribution in [1.29, 1.82) is 0 Å². The van der Waals surface area contributed by atoms with Crippen molar-refractivity contribution >= 4 is 22.6 Å². The zero-order chi connectivity index (χ0) is 20.2. The lowest BCUT2D eigenvalue weighted by molar-refractivity contribution is -0.111. The van der Waals surface area contributed by atoms with Gasteiger partial charge in [0.1, 0.15) is 11.4 Å². The number of aromatic hydroxyl groups is 1. The SMILES string of the molecule is O=C(C=CCO)Nc1cccc(-c2cnc3[nH]cc(-c4ccc(O)cn4)c3c2)c1. The van der Waals surface area contributed by atoms with Gasteiger partial charge in [-0.15, -0.1) is 0 Å². The molecule has 4 N–H and O–H groups in total. The number of pyridine rings is 2. The molecule has 4 aromatic rings. The minimum absolute atomic E-state index is 0.111. The number of amides is 1. The van der Waals surface area contributed by atoms with Crippen LogP contribution in [0.2, 0.25) is 0 Å². The van der Waals surface area contributed by atoms with E-state index in [-0.39, 0.29) is 18.3 Å². The van der Waals surface area contributed by atoms with Gasteiger partial charge in [0, 0.05) is 40.7 Å². The van der Waals surface area contributed by atoms with Crippen molar-refractivity contribution in [3.8, 4) is 28.1 Å². The van der Waals surface area contributed by atoms with Crippen LogP contribution in [0.1, 0.15) is 0 Å². The molecule has 0 unspecified atom stereocenters. The highest BCUT2D eigenvalue weighted by molar-refractivity contribution is 6.00. The number of aliphatic hydroxyl groups excluding tert-OH is 1. The quantitative estimate of drug-likeness (QED) is 0.393. The molecule has 4 rings (SSSR count). The van der Waals surface area contributed by atoms with Gasteiger partial charge in [-0.3, -0.25) is 9.78 Å². The third kappa shape index (κ3) is 3.99. The molecule has 29 heavy (non-hydrogen) atoms. The number of carbonyl (C=O) groups excluding carboxylic acids is 1. The Morgan fingerprint density at radius 1 is 1.10 bits per heavy atom. The fourth-order valence-electron chi connectivity index (χ4n) is 3.04. The maximum Gasteiger partial charge on any atom is 0.248 e. The Labute approximate surface area is 166 Å². The molecule has 3 heterocycles. The minimum Gasteiger partial charge on any atom is -0.506 e. The smallest absolute Gasteiger partial charge is 0.248 e. The summed E-state index contributed by atoms with van der Waals surface area (Å²) < 4.78 is 0. The van der Waals surface area contributed by atoms with Crippen molar-refractivity contribution in [2.45, 2.75) is 0 Å². The Hall–Kier alpha value is -3.97. The molecule has 0 saturated heterocycles. The summed E-state index contributed by atoms with van der Waals surface area (Å²) in [5.74, 6) is -0.198. The Bertz CT molecular complexity index is 1200. The number of hydrogen-bond donors (Lipinski definition) is 4. The molecule has 0 saturated carbocycles. The van der Waals surface area contributed by atoms with Crippen LogP contribution in [0.4, 0.5) is 5.69 Å². The number of nitrogens with zero attached hydrogens (tertiary/aromatic N) is 2. The average molecular weight is 386 g/mol. The second-order valence-electron chi connectivity index (χ2n) is 6.38. The molecule has 0 spiro atoms. The van der Waals surface area contributed by atoms with E-state index in [1.807, 2.05) is 30.5 Å². The zero-order valence-corrected chi connectivity index (χ0v) is 15.3. The zero-order valence-electron chi connectivity index (χ0n) is 15.3. The Morgan fingerprint density at radius 2 is 2.00 bits per heavy atom. The highest BCUT2D eigenvalue weighted by atomic mass is 16.3. The second-order valence-corrected chi connectivity index (χ2v) is 6.38. The van der Waals surface area contributed by atoms with Gasteiger partial charge in [-0.25, -0.2) is 4.98 Å². The first-order valence-electron chi connectivity index (χ1n) is 8.95. The minimum atomic E-state index is -0.309. The van der Waals surface area contributed by atoms with Gasteiger partial charge in [0.2, 0.25) is 5.91 Å². The molecule has 0 radical (unpaired) electrons. The molecule has 0 aliphatic carbocycles. The summed E-state index contributed by atoms with van der Waals surface area (Å²) in [7, 11) is 0. The first kappa shape index (κ1) is 18.4. The summed E-state index contributed by atoms with van der Waals surface area (Å²) >= 11 is 0. The predicted molar refractivity (Wildman–Crippen MR) is 111 cm³/mol. The summed E-state index contributed by atoms with van der Waals surface area (Å²) in [4.78, 5) is 23.7. The molecule has 7 heteroatoms. The van der Waals surface area contributed by atoms with Crippen molar-refractivity contribution in [1.82, 2.24) is 15.0 Å². The summed E-state index contributed by atoms with van der Waals surface area (Å²) in [5.41, 5.74) is 4.77. The Balaban J connectivity index is 1.69. The van der Waals surface area contributed by atoms with Crippen molar-refractivity contribution < 1.29 is 15.0 Å². The summed E-state index contributed by atoms with van der Waals surface area (Å²) in [6, 6.07) is 12.8. The number of benzene rings is 1. The van der Waals surface area contributed by atoms with E-state index in [1.54, 1.807) is 24.4 Å². The largest absolute Gasteiger partial charge is 0.506 e. The highest BCUT2D eigenvalue weighted by Crippen LogP contribution is 2.31. The van der Waals surface area contributed by atoms with Crippen LogP contribution >= 0.6 is 0 Å². The monoisotopic (exact) mass is 386 g/mol. The van der Waals surface area contributed by atoms with Gasteiger partial charge in [0.05, 0.1) is 18.5 Å². The predicted octanol–water partition coefficient (Wildman–Crippen LogP) is 3.48. The van der Waals surface area contributed by atoms with Gasteiger partial charge in [-0.1, -0.05) is 18.2 Å². The molecule has 0 bridgehead atoms. The topological polar surface area (TPSA) is 111 Å². The molecule has 0 aliphatic rings. The van der Waals surface area contributed by atoms with Crippen LogP contribution in [0, 0.1) is 0 Å². The van der Waals surface area contributed by atoms with Crippen LogP contribution in [0.3, 0.4) is 0 Å². The number of fused-ring (bicyclic) bond motifs is 1. The van der Waals surface area contributed by atoms with E-state index in [9.17, 15) is 9.90 Å². The summed E-state index contributed by atoms with van der Waals surface area (Å²) in [5, 5.41) is 21.9. The standard InChI is InChI=1S/C22H18N4O3/c27-8-2-5-21(29)26-16-4-1-3-14(9-16)15-10-18-19(13-25-22(18)24-11-15)20-7-6-17(28)12-23-20/h1-7,9-13,27-28H,8H2,(H,24,25)(H,26,29). The third-order valence-corrected chi connectivity index (χ3v) is 4.39. The van der Waals surface area contributed by atoms with E-state index in [4.69, 9.17) is 5.11 Å². The lowest BCUT2D eigenvalue weighted by atomic mass is 10.0. The molecule has 7 nitrogen and oxygen atoms in total. The molecule has 0 aliphatic heterocycles. The number of aromatic amines is 1. The number of H-pyrrole nitrogens is 1. The molecule has 3 aromatic heterocycles. The molecular weight excluding hydrogens is 368 g/mol. The Morgan fingerprint density at radius 3 is 2.79 bits per heavy atom. The number of anilines is 1. The first-order chi connectivity index (χ1) is 14.1. The lowest BCUT2D eigenvalue weighted by Gasteiger charge is -2.07. The summed E-state index contributed by atoms with van der Waals surface area (Å²) in [6.07, 6.45) is 7.67. The summed E-state index contributed by atoms with van der Waals surface area (Å²) in [6.45, 7) is -0.186. The van der Waals surface area contributed by atoms with Gasteiger partial charge in [0.25, 0.3) is 0 Å². The van der Waals surface area contributed by atoms with Crippen LogP contribution in [0.15, 0.2) is 73.2 Å². The van der Waals surface area contributed by atoms with Crippen LogP contribution < -0.4 is 5.32 Å². The molecule has 0 atom stereocenters. The molecule has 144 valence electrons. The number of hydrogen-bond acceptors (Lipinski definition) is 5. The van der Waals surface area contributed by atoms with Crippen molar-refractivity contribution in [2.75, 3.05) is 11.9 Å². The van der Waals surface area contributed by atoms with Crippen LogP contribution in [-0.2, 0) is 4.79 Å². The number of carbonyl (C=O) groups is 1. The van der Waals surface area contributed by atoms with Crippen LogP contribution in [0.5, 0.6) is 5.75 Å². The fraction of sp³-hybridized carbons (Fsp3) is 0.0455. The number of aliphatic hydroxyl groups is 1. The third-order valence-electron chi connectivity index (χ3n) is 4.39. The van der Waals surface area contributed by atoms with E-state index >= 15 is 0 Å². The number of nitrogens with one attached hydrogen (secondary N) is 2. The first-order valence-corrected chi connectivity index (χ1v) is 8.95. The van der Waals surface area contributed by atoms with E-state index in [0.717, 1.165) is 33.4 Å². The Kier molecular flexibility index (Phi) is 5.05. The maximum absolute atomic E-state index is 11.8. The van der Waals surface area contributed by atoms with E-state index < -0.39 is 0 Å². The normalized spacial score (nSPS) is 11.2. The average Bonchev–Trinajstić information content (AvgIpc) is 3.16. The van der Waals surface area contributed by atoms with Crippen LogP contribution in [0.25, 0.3) is 33.4 Å². The van der Waals surface area contributed by atoms with Gasteiger partial charge < -0.3 is 20.5 Å². The number of rotatable bonds is 5. The molecule has 1 aromatic carbocycles. The van der Waals surface area contributed by atoms with E-state index in [2.05, 4.69) is 20.3 Å². The van der Waals surface area contributed by atoms with Crippen molar-refractivity contribution in [3.63, 3.8) is 0 Å². The fourth-order valence-corrected chi connectivity index (χ4v) is 3.04. The van der Waals surface area contributed by atoms with Gasteiger partial charge in [-0.2, -0.15) is 0 Å². The molecule has 1 amide bonds.